The normalized spacial score (nSPS) is 29.6. The van der Waals surface area contributed by atoms with Crippen LogP contribution in [0.4, 0.5) is 4.39 Å². The van der Waals surface area contributed by atoms with E-state index >= 15 is 0 Å². The smallest absolute Gasteiger partial charge is 0.126 e. The van der Waals surface area contributed by atoms with Gasteiger partial charge in [0, 0.05) is 0 Å². The van der Waals surface area contributed by atoms with Gasteiger partial charge < -0.3 is 0 Å². The first-order valence-corrected chi connectivity index (χ1v) is 12.3. The molecule has 0 amide bonds. The molecule has 1 aromatic rings. The van der Waals surface area contributed by atoms with Crippen LogP contribution in [0, 0.1) is 29.5 Å². The predicted molar refractivity (Wildman–Crippen MR) is 119 cm³/mol. The molecule has 2 aliphatic rings. The van der Waals surface area contributed by atoms with Crippen LogP contribution < -0.4 is 0 Å². The monoisotopic (exact) mass is 386 g/mol. The van der Waals surface area contributed by atoms with E-state index in [1.54, 1.807) is 0 Å². The van der Waals surface area contributed by atoms with Gasteiger partial charge in [0.25, 0.3) is 0 Å². The second kappa shape index (κ2) is 10.8. The van der Waals surface area contributed by atoms with Crippen molar-refractivity contribution >= 4 is 0 Å². The molecule has 2 aliphatic carbocycles. The van der Waals surface area contributed by atoms with E-state index < -0.39 is 0 Å². The zero-order valence-corrected chi connectivity index (χ0v) is 18.7. The van der Waals surface area contributed by atoms with Crippen molar-refractivity contribution in [2.75, 3.05) is 0 Å². The molecule has 2 fully saturated rings. The zero-order chi connectivity index (χ0) is 19.9. The molecule has 0 saturated heterocycles. The van der Waals surface area contributed by atoms with Crippen molar-refractivity contribution in [2.45, 2.75) is 110 Å². The van der Waals surface area contributed by atoms with Gasteiger partial charge in [0.05, 0.1) is 0 Å². The Morgan fingerprint density at radius 3 is 2.18 bits per heavy atom. The third kappa shape index (κ3) is 6.07. The van der Waals surface area contributed by atoms with E-state index in [1.807, 2.05) is 6.07 Å². The van der Waals surface area contributed by atoms with Crippen LogP contribution in [0.25, 0.3) is 0 Å². The van der Waals surface area contributed by atoms with E-state index in [0.29, 0.717) is 5.92 Å². The Bertz CT molecular complexity index is 576. The van der Waals surface area contributed by atoms with Crippen molar-refractivity contribution in [3.63, 3.8) is 0 Å². The van der Waals surface area contributed by atoms with Crippen molar-refractivity contribution in [1.82, 2.24) is 0 Å². The molecule has 1 heteroatoms. The van der Waals surface area contributed by atoms with Crippen molar-refractivity contribution in [1.29, 1.82) is 0 Å². The van der Waals surface area contributed by atoms with Crippen LogP contribution in [-0.2, 0) is 6.42 Å². The highest BCUT2D eigenvalue weighted by molar-refractivity contribution is 5.28. The van der Waals surface area contributed by atoms with Crippen molar-refractivity contribution in [3.8, 4) is 0 Å². The minimum Gasteiger partial charge on any atom is -0.207 e. The summed E-state index contributed by atoms with van der Waals surface area (Å²) in [6, 6.07) is 6.17. The van der Waals surface area contributed by atoms with E-state index in [1.165, 1.54) is 82.6 Å². The maximum absolute atomic E-state index is 14.8. The summed E-state index contributed by atoms with van der Waals surface area (Å²) in [6.45, 7) is 7.01. The van der Waals surface area contributed by atoms with Crippen LogP contribution in [0.15, 0.2) is 18.2 Å². The quantitative estimate of drug-likeness (QED) is 0.419. The molecule has 1 atom stereocenters. The molecule has 0 aliphatic heterocycles. The second-order valence-corrected chi connectivity index (χ2v) is 10.3. The standard InChI is InChI=1S/C27H43F/c1-4-6-20(2)7-5-8-22-11-18-26(27(28)19-22)25-16-14-24(15-17-25)23-12-9-21(3)10-13-23/h11,18-21,23-25H,4-10,12-17H2,1-3H3. The van der Waals surface area contributed by atoms with Gasteiger partial charge in [0.1, 0.15) is 5.82 Å². The highest BCUT2D eigenvalue weighted by Crippen LogP contribution is 2.44. The number of aryl methyl sites for hydroxylation is 1. The van der Waals surface area contributed by atoms with Gasteiger partial charge in [-0.25, -0.2) is 4.39 Å². The lowest BCUT2D eigenvalue weighted by molar-refractivity contribution is 0.164. The average molecular weight is 387 g/mol. The molecule has 0 N–H and O–H groups in total. The summed E-state index contributed by atoms with van der Waals surface area (Å²) in [4.78, 5) is 0. The Morgan fingerprint density at radius 2 is 1.57 bits per heavy atom. The fraction of sp³-hybridized carbons (Fsp3) is 0.778. The number of hydrogen-bond acceptors (Lipinski definition) is 0. The Kier molecular flexibility index (Phi) is 8.42. The van der Waals surface area contributed by atoms with Crippen LogP contribution in [0.3, 0.4) is 0 Å². The molecule has 2 saturated carbocycles. The average Bonchev–Trinajstić information content (AvgIpc) is 2.69. The second-order valence-electron chi connectivity index (χ2n) is 10.3. The first kappa shape index (κ1) is 21.8. The number of benzene rings is 1. The van der Waals surface area contributed by atoms with Crippen LogP contribution in [-0.4, -0.2) is 0 Å². The molecule has 0 heterocycles. The highest BCUT2D eigenvalue weighted by atomic mass is 19.1. The summed E-state index contributed by atoms with van der Waals surface area (Å²) >= 11 is 0. The largest absolute Gasteiger partial charge is 0.207 e. The molecule has 28 heavy (non-hydrogen) atoms. The van der Waals surface area contributed by atoms with Gasteiger partial charge in [-0.05, 0) is 98.1 Å². The molecule has 0 spiro atoms. The Balaban J connectivity index is 1.47. The summed E-state index contributed by atoms with van der Waals surface area (Å²) in [5.41, 5.74) is 2.19. The van der Waals surface area contributed by atoms with Crippen LogP contribution >= 0.6 is 0 Å². The lowest BCUT2D eigenvalue weighted by Crippen LogP contribution is -2.25. The molecule has 0 radical (unpaired) electrons. The molecule has 0 nitrogen and oxygen atoms in total. The van der Waals surface area contributed by atoms with Crippen LogP contribution in [0.5, 0.6) is 0 Å². The molecular formula is C27H43F. The van der Waals surface area contributed by atoms with Gasteiger partial charge in [-0.1, -0.05) is 65.0 Å². The fourth-order valence-corrected chi connectivity index (χ4v) is 6.01. The number of rotatable bonds is 8. The van der Waals surface area contributed by atoms with E-state index in [9.17, 15) is 4.39 Å². The van der Waals surface area contributed by atoms with Gasteiger partial charge in [-0.2, -0.15) is 0 Å². The SMILES string of the molecule is CCCC(C)CCCc1ccc(C2CCC(C3CCC(C)CC3)CC2)c(F)c1. The Morgan fingerprint density at radius 1 is 0.929 bits per heavy atom. The molecule has 1 aromatic carbocycles. The predicted octanol–water partition coefficient (Wildman–Crippen LogP) is 8.68. The maximum Gasteiger partial charge on any atom is 0.126 e. The number of hydrogen-bond donors (Lipinski definition) is 0. The first-order chi connectivity index (χ1) is 13.6. The Labute approximate surface area is 173 Å². The van der Waals surface area contributed by atoms with Crippen molar-refractivity contribution in [2.24, 2.45) is 23.7 Å². The molecular weight excluding hydrogens is 343 g/mol. The van der Waals surface area contributed by atoms with E-state index in [0.717, 1.165) is 35.7 Å². The summed E-state index contributed by atoms with van der Waals surface area (Å²) < 4.78 is 14.8. The summed E-state index contributed by atoms with van der Waals surface area (Å²) in [6.07, 6.45) is 16.8. The van der Waals surface area contributed by atoms with Crippen LogP contribution in [0.1, 0.15) is 115 Å². The van der Waals surface area contributed by atoms with Crippen LogP contribution in [0.2, 0.25) is 0 Å². The first-order valence-electron chi connectivity index (χ1n) is 12.3. The lowest BCUT2D eigenvalue weighted by Gasteiger charge is -2.37. The van der Waals surface area contributed by atoms with Gasteiger partial charge >= 0.3 is 0 Å². The van der Waals surface area contributed by atoms with Gasteiger partial charge in [-0.3, -0.25) is 0 Å². The van der Waals surface area contributed by atoms with E-state index in [2.05, 4.69) is 32.9 Å². The number of halogens is 1. The van der Waals surface area contributed by atoms with Gasteiger partial charge in [-0.15, -0.1) is 0 Å². The lowest BCUT2D eigenvalue weighted by atomic mass is 9.68. The van der Waals surface area contributed by atoms with Crippen molar-refractivity contribution < 1.29 is 4.39 Å². The third-order valence-corrected chi connectivity index (χ3v) is 7.95. The molecule has 0 bridgehead atoms. The topological polar surface area (TPSA) is 0 Å². The minimum absolute atomic E-state index is 0.0639. The van der Waals surface area contributed by atoms with E-state index in [-0.39, 0.29) is 5.82 Å². The van der Waals surface area contributed by atoms with Gasteiger partial charge in [0.15, 0.2) is 0 Å². The van der Waals surface area contributed by atoms with E-state index in [4.69, 9.17) is 0 Å². The molecule has 3 rings (SSSR count). The summed E-state index contributed by atoms with van der Waals surface area (Å²) in [7, 11) is 0. The van der Waals surface area contributed by atoms with Crippen molar-refractivity contribution in [3.05, 3.63) is 35.1 Å². The molecule has 1 unspecified atom stereocenters. The molecule has 0 aromatic heterocycles. The minimum atomic E-state index is 0.0639. The zero-order valence-electron chi connectivity index (χ0n) is 18.7. The highest BCUT2D eigenvalue weighted by Gasteiger charge is 2.31. The third-order valence-electron chi connectivity index (χ3n) is 7.95. The summed E-state index contributed by atoms with van der Waals surface area (Å²) in [5, 5.41) is 0. The molecule has 158 valence electrons. The van der Waals surface area contributed by atoms with Gasteiger partial charge in [0.2, 0.25) is 0 Å². The maximum atomic E-state index is 14.8. The fourth-order valence-electron chi connectivity index (χ4n) is 6.01. The summed E-state index contributed by atoms with van der Waals surface area (Å²) in [5.74, 6) is 4.13. The Hall–Kier alpha value is -0.850.